The van der Waals surface area contributed by atoms with Gasteiger partial charge >= 0.3 is 0 Å². The number of aryl methyl sites for hydroxylation is 12. The second-order valence-electron chi connectivity index (χ2n) is 17.2. The van der Waals surface area contributed by atoms with E-state index in [1.807, 2.05) is 0 Å². The SMILES string of the molecule is Cc1cc(C)c([B-](c2ccccc2C2=CC=C(c3ccccc3[B-](c3c(C)cc(C)cc3C)c3c(C)cc(C)cc3C)CC2)c2c(C)cc(C)cc2C)c(C)c1. The molecule has 0 nitrogen and oxygen atoms in total. The Balaban J connectivity index is 1.39. The van der Waals surface area contributed by atoms with Gasteiger partial charge in [0.25, 0.3) is 0 Å². The van der Waals surface area contributed by atoms with E-state index in [2.05, 4.69) is 192 Å². The molecule has 0 saturated carbocycles. The van der Waals surface area contributed by atoms with Gasteiger partial charge in [0.2, 0.25) is 0 Å². The Bertz CT molecular complexity index is 2170. The van der Waals surface area contributed by atoms with Crippen LogP contribution in [-0.4, -0.2) is 13.4 Å². The zero-order chi connectivity index (χ0) is 40.0. The summed E-state index contributed by atoms with van der Waals surface area (Å²) in [6.07, 6.45) is 6.87. The van der Waals surface area contributed by atoms with Crippen LogP contribution in [0.2, 0.25) is 0 Å². The normalized spacial score (nSPS) is 13.0. The molecule has 0 amide bonds. The molecule has 1 aliphatic rings. The fraction of sp³-hybridized carbons (Fsp3) is 0.259. The van der Waals surface area contributed by atoms with E-state index in [9.17, 15) is 0 Å². The van der Waals surface area contributed by atoms with Crippen LogP contribution in [0, 0.1) is 83.1 Å². The number of benzene rings is 6. The summed E-state index contributed by atoms with van der Waals surface area (Å²) in [7, 11) is 0. The molecule has 0 bridgehead atoms. The lowest BCUT2D eigenvalue weighted by Gasteiger charge is -2.40. The van der Waals surface area contributed by atoms with Gasteiger partial charge in [0.15, 0.2) is 0 Å². The number of rotatable bonds is 8. The van der Waals surface area contributed by atoms with Crippen molar-refractivity contribution in [2.45, 2.75) is 95.9 Å². The average Bonchev–Trinajstić information content (AvgIpc) is 3.12. The van der Waals surface area contributed by atoms with Crippen LogP contribution in [0.1, 0.15) is 90.7 Å². The second kappa shape index (κ2) is 15.8. The van der Waals surface area contributed by atoms with Crippen molar-refractivity contribution in [3.63, 3.8) is 0 Å². The van der Waals surface area contributed by atoms with Crippen LogP contribution in [0.5, 0.6) is 0 Å². The summed E-state index contributed by atoms with van der Waals surface area (Å²) in [5.41, 5.74) is 30.4. The van der Waals surface area contributed by atoms with E-state index in [0.29, 0.717) is 0 Å². The van der Waals surface area contributed by atoms with E-state index < -0.39 is 0 Å². The Morgan fingerprint density at radius 1 is 0.321 bits per heavy atom. The first-order valence-corrected chi connectivity index (χ1v) is 20.6. The second-order valence-corrected chi connectivity index (χ2v) is 17.2. The molecule has 2 heteroatoms. The predicted molar refractivity (Wildman–Crippen MR) is 250 cm³/mol. The molecule has 0 aromatic heterocycles. The molecule has 6 aromatic carbocycles. The van der Waals surface area contributed by atoms with Gasteiger partial charge in [0.05, 0.1) is 0 Å². The Kier molecular flexibility index (Phi) is 11.1. The fourth-order valence-corrected chi connectivity index (χ4v) is 10.7. The van der Waals surface area contributed by atoms with Gasteiger partial charge in [-0.05, 0) is 120 Å². The quantitative estimate of drug-likeness (QED) is 0.137. The van der Waals surface area contributed by atoms with Gasteiger partial charge in [-0.2, -0.15) is 0 Å². The summed E-state index contributed by atoms with van der Waals surface area (Å²) in [4.78, 5) is 0. The van der Waals surface area contributed by atoms with Crippen LogP contribution in [-0.2, 0) is 0 Å². The molecule has 0 unspecified atom stereocenters. The van der Waals surface area contributed by atoms with Crippen molar-refractivity contribution in [3.8, 4) is 0 Å². The van der Waals surface area contributed by atoms with Crippen molar-refractivity contribution in [2.75, 3.05) is 0 Å². The van der Waals surface area contributed by atoms with E-state index in [-0.39, 0.29) is 13.4 Å². The van der Waals surface area contributed by atoms with Crippen molar-refractivity contribution in [1.29, 1.82) is 0 Å². The van der Waals surface area contributed by atoms with Crippen LogP contribution in [0.4, 0.5) is 0 Å². The van der Waals surface area contributed by atoms with Crippen LogP contribution in [0.15, 0.2) is 109 Å². The Labute approximate surface area is 339 Å². The minimum atomic E-state index is 0.141. The van der Waals surface area contributed by atoms with Crippen molar-refractivity contribution in [2.24, 2.45) is 0 Å². The Morgan fingerprint density at radius 2 is 0.554 bits per heavy atom. The van der Waals surface area contributed by atoms with Crippen LogP contribution < -0.4 is 32.8 Å². The standard InChI is InChI=1S/C54H58B2/c1-33-25-37(5)51(38(6)26-33)55(52-39(7)27-34(2)28-40(52)8)49-19-15-13-17-47(49)45-21-23-46(24-22-45)48-18-14-16-20-50(48)56(53-41(9)29-35(3)30-42(53)10)54-43(11)31-36(4)32-44(54)12/h13-21,23,25-32H,22,24H2,1-12H3/q-2. The molecule has 0 N–H and O–H groups in total. The fourth-order valence-electron chi connectivity index (χ4n) is 10.7. The molecule has 0 fully saturated rings. The highest BCUT2D eigenvalue weighted by molar-refractivity contribution is 6.97. The van der Waals surface area contributed by atoms with Gasteiger partial charge in [0, 0.05) is 0 Å². The third-order valence-electron chi connectivity index (χ3n) is 12.5. The van der Waals surface area contributed by atoms with Crippen LogP contribution in [0.3, 0.4) is 0 Å². The van der Waals surface area contributed by atoms with Gasteiger partial charge in [-0.1, -0.05) is 187 Å². The largest absolute Gasteiger partial charge is 0.227 e. The smallest absolute Gasteiger partial charge is 0.0233 e. The third kappa shape index (κ3) is 7.44. The highest BCUT2D eigenvalue weighted by Gasteiger charge is 2.21. The van der Waals surface area contributed by atoms with Crippen LogP contribution in [0.25, 0.3) is 11.1 Å². The average molecular weight is 729 g/mol. The first-order chi connectivity index (χ1) is 26.7. The minimum absolute atomic E-state index is 0.141. The molecule has 1 aliphatic carbocycles. The molecule has 0 aliphatic heterocycles. The monoisotopic (exact) mass is 728 g/mol. The summed E-state index contributed by atoms with van der Waals surface area (Å²) in [5.74, 6) is 0. The molecule has 0 spiro atoms. The van der Waals surface area contributed by atoms with Crippen molar-refractivity contribution >= 4 is 57.3 Å². The van der Waals surface area contributed by atoms with Crippen molar-refractivity contribution in [1.82, 2.24) is 0 Å². The van der Waals surface area contributed by atoms with Gasteiger partial charge in [0.1, 0.15) is 0 Å². The van der Waals surface area contributed by atoms with E-state index in [0.717, 1.165) is 12.8 Å². The topological polar surface area (TPSA) is 0 Å². The highest BCUT2D eigenvalue weighted by Crippen LogP contribution is 2.32. The Hall–Kier alpha value is -5.07. The van der Waals surface area contributed by atoms with Crippen molar-refractivity contribution in [3.05, 3.63) is 187 Å². The lowest BCUT2D eigenvalue weighted by molar-refractivity contribution is 1.07. The number of allylic oxidation sites excluding steroid dienone is 4. The summed E-state index contributed by atoms with van der Waals surface area (Å²) in [6.45, 7) is 27.6. The summed E-state index contributed by atoms with van der Waals surface area (Å²) >= 11 is 0. The minimum Gasteiger partial charge on any atom is -0.227 e. The molecular formula is C54H58B2-2. The maximum Gasteiger partial charge on any atom is -0.0233 e. The third-order valence-corrected chi connectivity index (χ3v) is 12.5. The molecule has 6 aromatic rings. The molecule has 2 radical (unpaired) electrons. The zero-order valence-electron chi connectivity index (χ0n) is 36.0. The molecule has 282 valence electrons. The number of hydrogen-bond donors (Lipinski definition) is 0. The van der Waals surface area contributed by atoms with Gasteiger partial charge in [-0.15, -0.1) is 0 Å². The summed E-state index contributed by atoms with van der Waals surface area (Å²) in [6, 6.07) is 37.5. The molecule has 0 heterocycles. The molecule has 56 heavy (non-hydrogen) atoms. The first kappa shape index (κ1) is 39.2. The lowest BCUT2D eigenvalue weighted by Crippen LogP contribution is -2.57. The zero-order valence-corrected chi connectivity index (χ0v) is 36.0. The number of hydrogen-bond acceptors (Lipinski definition) is 0. The summed E-state index contributed by atoms with van der Waals surface area (Å²) < 4.78 is 0. The molecule has 0 atom stereocenters. The van der Waals surface area contributed by atoms with Gasteiger partial charge in [-0.25, -0.2) is 32.8 Å². The van der Waals surface area contributed by atoms with E-state index >= 15 is 0 Å². The molecule has 7 rings (SSSR count). The maximum atomic E-state index is 2.44. The summed E-state index contributed by atoms with van der Waals surface area (Å²) in [5, 5.41) is 0. The van der Waals surface area contributed by atoms with E-state index in [4.69, 9.17) is 0 Å². The maximum absolute atomic E-state index is 2.44. The van der Waals surface area contributed by atoms with Gasteiger partial charge in [-0.3, -0.25) is 0 Å². The van der Waals surface area contributed by atoms with Crippen molar-refractivity contribution < 1.29 is 0 Å². The van der Waals surface area contributed by atoms with Crippen LogP contribution >= 0.6 is 0 Å². The first-order valence-electron chi connectivity index (χ1n) is 20.6. The molecular weight excluding hydrogens is 670 g/mol. The Morgan fingerprint density at radius 3 is 0.786 bits per heavy atom. The lowest BCUT2D eigenvalue weighted by atomic mass is 9.33. The molecule has 0 saturated heterocycles. The van der Waals surface area contributed by atoms with E-state index in [1.54, 1.807) is 0 Å². The predicted octanol–water partition coefficient (Wildman–Crippen LogP) is 9.68. The highest BCUT2D eigenvalue weighted by atomic mass is 14.2. The van der Waals surface area contributed by atoms with Gasteiger partial charge < -0.3 is 0 Å². The van der Waals surface area contributed by atoms with E-state index in [1.165, 1.54) is 122 Å².